The van der Waals surface area contributed by atoms with Crippen LogP contribution in [0, 0.1) is 0 Å². The molecule has 0 radical (unpaired) electrons. The van der Waals surface area contributed by atoms with Crippen LogP contribution in [0.15, 0.2) is 0 Å². The Morgan fingerprint density at radius 3 is 2.11 bits per heavy atom. The summed E-state index contributed by atoms with van der Waals surface area (Å²) in [6, 6.07) is 0. The molecule has 9 heavy (non-hydrogen) atoms. The second-order valence-corrected chi connectivity index (χ2v) is 2.87. The summed E-state index contributed by atoms with van der Waals surface area (Å²) in [5.74, 6) is 0. The third kappa shape index (κ3) is 12.0. The predicted molar refractivity (Wildman–Crippen MR) is 35.7 cm³/mol. The Hall–Kier alpha value is 0.707. The molecule has 4 nitrogen and oxygen atoms in total. The Morgan fingerprint density at radius 2 is 2.00 bits per heavy atom. The minimum atomic E-state index is -3.90. The Bertz CT molecular complexity index is 100.0. The van der Waals surface area contributed by atoms with Crippen LogP contribution in [-0.2, 0) is 9.30 Å². The van der Waals surface area contributed by atoms with E-state index in [1.165, 1.54) is 0 Å². The molecular weight excluding hydrogens is 138 g/mol. The summed E-state index contributed by atoms with van der Waals surface area (Å²) in [5.41, 5.74) is 0. The third-order valence-corrected chi connectivity index (χ3v) is 0.983. The second-order valence-electron chi connectivity index (χ2n) is 1.29. The Morgan fingerprint density at radius 1 is 1.56 bits per heavy atom. The molecule has 0 fully saturated rings. The van der Waals surface area contributed by atoms with Crippen molar-refractivity contribution >= 4 is 26.5 Å². The number of rotatable bonds is 3. The molecule has 0 aromatic carbocycles. The quantitative estimate of drug-likeness (QED) is 0.418. The van der Waals surface area contributed by atoms with Crippen molar-refractivity contribution in [2.24, 2.45) is 0 Å². The summed E-state index contributed by atoms with van der Waals surface area (Å²) in [4.78, 5) is 16.3. The van der Waals surface area contributed by atoms with Gasteiger partial charge in [-0.3, -0.25) is 4.57 Å². The van der Waals surface area contributed by atoms with Gasteiger partial charge in [-0.1, -0.05) is 0 Å². The number of ether oxygens (including phenoxy) is 1. The Labute approximate surface area is 65.9 Å². The monoisotopic (exact) mass is 148 g/mol. The van der Waals surface area contributed by atoms with E-state index in [0.717, 1.165) is 0 Å². The fraction of sp³-hybridized carbons (Fsp3) is 1.00. The van der Waals surface area contributed by atoms with Crippen LogP contribution in [0.4, 0.5) is 0 Å². The summed E-state index contributed by atoms with van der Waals surface area (Å²) in [5, 5.41) is 0. The number of hydrogen-bond donors (Lipinski definition) is 2. The molecular formula is C3H10LiO4P. The molecule has 0 heterocycles. The van der Waals surface area contributed by atoms with Crippen LogP contribution < -0.4 is 0 Å². The first-order chi connectivity index (χ1) is 3.56. The fourth-order valence-corrected chi connectivity index (χ4v) is 0.631. The molecule has 0 atom stereocenters. The van der Waals surface area contributed by atoms with Gasteiger partial charge in [0, 0.05) is 6.61 Å². The van der Waals surface area contributed by atoms with Crippen molar-refractivity contribution in [2.45, 2.75) is 6.92 Å². The molecule has 0 aromatic rings. The first-order valence-electron chi connectivity index (χ1n) is 2.18. The maximum absolute atomic E-state index is 9.96. The van der Waals surface area contributed by atoms with Crippen LogP contribution in [0.2, 0.25) is 0 Å². The van der Waals surface area contributed by atoms with Gasteiger partial charge in [0.25, 0.3) is 0 Å². The van der Waals surface area contributed by atoms with Gasteiger partial charge in [-0.05, 0) is 6.92 Å². The van der Waals surface area contributed by atoms with E-state index in [-0.39, 0.29) is 18.9 Å². The summed E-state index contributed by atoms with van der Waals surface area (Å²) in [6.07, 6.45) is -0.469. The minimum absolute atomic E-state index is 0. The van der Waals surface area contributed by atoms with Gasteiger partial charge in [0.2, 0.25) is 0 Å². The molecule has 0 aromatic heterocycles. The molecule has 0 spiro atoms. The Balaban J connectivity index is 0. The van der Waals surface area contributed by atoms with Crippen LogP contribution in [-0.4, -0.2) is 41.6 Å². The molecule has 0 aliphatic rings. The first kappa shape index (κ1) is 12.4. The fourth-order valence-electron chi connectivity index (χ4n) is 0.210. The van der Waals surface area contributed by atoms with Gasteiger partial charge in [-0.25, -0.2) is 0 Å². The molecule has 52 valence electrons. The van der Waals surface area contributed by atoms with E-state index >= 15 is 0 Å². The van der Waals surface area contributed by atoms with E-state index in [1.54, 1.807) is 6.92 Å². The van der Waals surface area contributed by atoms with E-state index in [9.17, 15) is 4.57 Å². The molecule has 0 saturated heterocycles. The molecule has 0 aliphatic heterocycles. The van der Waals surface area contributed by atoms with E-state index in [4.69, 9.17) is 9.79 Å². The van der Waals surface area contributed by atoms with Gasteiger partial charge in [-0.2, -0.15) is 0 Å². The summed E-state index contributed by atoms with van der Waals surface area (Å²) in [6.45, 7) is 2.01. The standard InChI is InChI=1S/C3H9O4P.Li.H/c1-2-7-3-8(4,5)6;;/h2-3H2,1H3,(H2,4,5,6);;. The zero-order chi connectivity index (χ0) is 6.62. The van der Waals surface area contributed by atoms with Crippen LogP contribution in [0.1, 0.15) is 6.92 Å². The maximum atomic E-state index is 9.96. The topological polar surface area (TPSA) is 66.8 Å². The van der Waals surface area contributed by atoms with Crippen LogP contribution >= 0.6 is 7.60 Å². The van der Waals surface area contributed by atoms with Crippen molar-refractivity contribution in [1.29, 1.82) is 0 Å². The van der Waals surface area contributed by atoms with E-state index < -0.39 is 13.9 Å². The molecule has 0 rings (SSSR count). The van der Waals surface area contributed by atoms with Gasteiger partial charge in [0.15, 0.2) is 0 Å². The zero-order valence-corrected chi connectivity index (χ0v) is 5.47. The Kier molecular flexibility index (Phi) is 7.56. The van der Waals surface area contributed by atoms with E-state index in [1.807, 2.05) is 0 Å². The average Bonchev–Trinajstić information content (AvgIpc) is 1.59. The van der Waals surface area contributed by atoms with Gasteiger partial charge >= 0.3 is 26.5 Å². The van der Waals surface area contributed by atoms with Gasteiger partial charge in [-0.15, -0.1) is 0 Å². The first-order valence-corrected chi connectivity index (χ1v) is 3.98. The molecule has 0 saturated carbocycles. The average molecular weight is 148 g/mol. The van der Waals surface area contributed by atoms with E-state index in [0.29, 0.717) is 6.61 Å². The number of hydrogen-bond acceptors (Lipinski definition) is 2. The van der Waals surface area contributed by atoms with Gasteiger partial charge < -0.3 is 14.5 Å². The van der Waals surface area contributed by atoms with Crippen LogP contribution in [0.5, 0.6) is 0 Å². The normalized spacial score (nSPS) is 10.6. The molecule has 0 bridgehead atoms. The van der Waals surface area contributed by atoms with Gasteiger partial charge in [0.05, 0.1) is 0 Å². The van der Waals surface area contributed by atoms with Crippen molar-refractivity contribution in [3.63, 3.8) is 0 Å². The van der Waals surface area contributed by atoms with Crippen LogP contribution in [0.3, 0.4) is 0 Å². The zero-order valence-electron chi connectivity index (χ0n) is 4.57. The van der Waals surface area contributed by atoms with Crippen molar-refractivity contribution in [1.82, 2.24) is 0 Å². The van der Waals surface area contributed by atoms with Crippen LogP contribution in [0.25, 0.3) is 0 Å². The molecule has 0 unspecified atom stereocenters. The molecule has 0 aliphatic carbocycles. The van der Waals surface area contributed by atoms with Crippen molar-refractivity contribution < 1.29 is 19.1 Å². The second kappa shape index (κ2) is 5.49. The summed E-state index contributed by atoms with van der Waals surface area (Å²) < 4.78 is 14.4. The van der Waals surface area contributed by atoms with Crippen molar-refractivity contribution in [3.05, 3.63) is 0 Å². The molecule has 6 heteroatoms. The SMILES string of the molecule is CCOCP(=O)(O)O.[LiH]. The third-order valence-electron chi connectivity index (χ3n) is 0.464. The molecule has 0 amide bonds. The van der Waals surface area contributed by atoms with Gasteiger partial charge in [0.1, 0.15) is 6.35 Å². The van der Waals surface area contributed by atoms with E-state index in [2.05, 4.69) is 4.74 Å². The van der Waals surface area contributed by atoms with Crippen molar-refractivity contribution in [2.75, 3.05) is 13.0 Å². The van der Waals surface area contributed by atoms with Crippen molar-refractivity contribution in [3.8, 4) is 0 Å². The predicted octanol–water partition coefficient (Wildman–Crippen LogP) is -0.490. The summed E-state index contributed by atoms with van der Waals surface area (Å²) >= 11 is 0. The molecule has 2 N–H and O–H groups in total. The summed E-state index contributed by atoms with van der Waals surface area (Å²) in [7, 11) is -3.90.